The van der Waals surface area contributed by atoms with Crippen LogP contribution in [0.15, 0.2) is 46.9 Å². The number of hydrogen-bond donors (Lipinski definition) is 1. The third kappa shape index (κ3) is 3.54. The Labute approximate surface area is 108 Å². The predicted molar refractivity (Wildman–Crippen MR) is 68.6 cm³/mol. The molecule has 0 fully saturated rings. The van der Waals surface area contributed by atoms with Gasteiger partial charge in [0.2, 0.25) is 5.88 Å². The third-order valence-electron chi connectivity index (χ3n) is 2.22. The van der Waals surface area contributed by atoms with Crippen molar-refractivity contribution in [3.05, 3.63) is 58.2 Å². The number of halogens is 1. The van der Waals surface area contributed by atoms with Gasteiger partial charge in [-0.15, -0.1) is 0 Å². The third-order valence-corrected chi connectivity index (χ3v) is 2.71. The molecule has 0 saturated heterocycles. The summed E-state index contributed by atoms with van der Waals surface area (Å²) in [7, 11) is 0. The average Bonchev–Trinajstić information content (AvgIpc) is 2.37. The van der Waals surface area contributed by atoms with Crippen molar-refractivity contribution in [2.75, 3.05) is 0 Å². The molecule has 0 spiro atoms. The molecule has 0 amide bonds. The highest BCUT2D eigenvalue weighted by Gasteiger charge is 1.99. The second-order valence-corrected chi connectivity index (χ2v) is 4.46. The largest absolute Gasteiger partial charge is 0.473 e. The van der Waals surface area contributed by atoms with Gasteiger partial charge in [-0.1, -0.05) is 34.1 Å². The minimum absolute atomic E-state index is 0.0753. The van der Waals surface area contributed by atoms with Gasteiger partial charge in [-0.2, -0.15) is 0 Å². The Morgan fingerprint density at radius 1 is 1.18 bits per heavy atom. The monoisotopic (exact) mass is 293 g/mol. The number of rotatable bonds is 4. The summed E-state index contributed by atoms with van der Waals surface area (Å²) in [5, 5.41) is 8.96. The van der Waals surface area contributed by atoms with E-state index in [2.05, 4.69) is 20.9 Å². The summed E-state index contributed by atoms with van der Waals surface area (Å²) in [6, 6.07) is 13.3. The molecule has 0 bridgehead atoms. The first-order valence-electron chi connectivity index (χ1n) is 5.22. The molecule has 0 atom stereocenters. The van der Waals surface area contributed by atoms with E-state index in [-0.39, 0.29) is 6.61 Å². The molecule has 1 aromatic heterocycles. The normalized spacial score (nSPS) is 10.2. The number of ether oxygens (including phenoxy) is 1. The van der Waals surface area contributed by atoms with Crippen molar-refractivity contribution >= 4 is 15.9 Å². The molecular formula is C13H12BrNO2. The van der Waals surface area contributed by atoms with Gasteiger partial charge in [0.15, 0.2) is 0 Å². The van der Waals surface area contributed by atoms with Crippen LogP contribution in [0.25, 0.3) is 0 Å². The predicted octanol–water partition coefficient (Wildman–Crippen LogP) is 2.92. The van der Waals surface area contributed by atoms with Crippen molar-refractivity contribution < 1.29 is 9.84 Å². The zero-order valence-corrected chi connectivity index (χ0v) is 10.7. The number of aliphatic hydroxyl groups is 1. The smallest absolute Gasteiger partial charge is 0.213 e. The average molecular weight is 294 g/mol. The molecule has 1 aromatic carbocycles. The molecule has 0 radical (unpaired) electrons. The lowest BCUT2D eigenvalue weighted by atomic mass is 10.2. The fourth-order valence-corrected chi connectivity index (χ4v) is 1.86. The van der Waals surface area contributed by atoms with Gasteiger partial charge >= 0.3 is 0 Å². The molecule has 3 nitrogen and oxygen atoms in total. The number of pyridine rings is 1. The van der Waals surface area contributed by atoms with Crippen LogP contribution in [-0.2, 0) is 13.2 Å². The summed E-state index contributed by atoms with van der Waals surface area (Å²) in [4.78, 5) is 4.14. The molecule has 2 rings (SSSR count). The summed E-state index contributed by atoms with van der Waals surface area (Å²) < 4.78 is 6.57. The SMILES string of the molecule is OCc1cccc(OCc2cccc(Br)c2)n1. The van der Waals surface area contributed by atoms with Gasteiger partial charge in [-0.3, -0.25) is 0 Å². The Kier molecular flexibility index (Phi) is 4.12. The number of aromatic nitrogens is 1. The van der Waals surface area contributed by atoms with Gasteiger partial charge in [0.05, 0.1) is 12.3 Å². The molecule has 0 aliphatic heterocycles. The van der Waals surface area contributed by atoms with Gasteiger partial charge in [-0.05, 0) is 23.8 Å². The maximum absolute atomic E-state index is 8.96. The summed E-state index contributed by atoms with van der Waals surface area (Å²) in [6.07, 6.45) is 0. The van der Waals surface area contributed by atoms with E-state index >= 15 is 0 Å². The van der Waals surface area contributed by atoms with Crippen molar-refractivity contribution in [3.8, 4) is 5.88 Å². The first-order valence-corrected chi connectivity index (χ1v) is 6.01. The molecule has 1 N–H and O–H groups in total. The molecule has 0 saturated carbocycles. The minimum atomic E-state index is -0.0753. The highest BCUT2D eigenvalue weighted by Crippen LogP contribution is 2.14. The van der Waals surface area contributed by atoms with E-state index < -0.39 is 0 Å². The van der Waals surface area contributed by atoms with E-state index in [9.17, 15) is 0 Å². The van der Waals surface area contributed by atoms with Crippen molar-refractivity contribution in [1.29, 1.82) is 0 Å². The maximum atomic E-state index is 8.96. The lowest BCUT2D eigenvalue weighted by molar-refractivity contribution is 0.266. The lowest BCUT2D eigenvalue weighted by Gasteiger charge is -2.06. The fourth-order valence-electron chi connectivity index (χ4n) is 1.41. The Balaban J connectivity index is 2.02. The highest BCUT2D eigenvalue weighted by molar-refractivity contribution is 9.10. The van der Waals surface area contributed by atoms with Gasteiger partial charge in [0, 0.05) is 10.5 Å². The zero-order valence-electron chi connectivity index (χ0n) is 9.14. The summed E-state index contributed by atoms with van der Waals surface area (Å²) in [5.74, 6) is 0.525. The standard InChI is InChI=1S/C13H12BrNO2/c14-11-4-1-3-10(7-11)9-17-13-6-2-5-12(8-16)15-13/h1-7,16H,8-9H2. The van der Waals surface area contributed by atoms with E-state index in [1.807, 2.05) is 30.3 Å². The molecule has 1 heterocycles. The second-order valence-electron chi connectivity index (χ2n) is 3.54. The van der Waals surface area contributed by atoms with Gasteiger partial charge in [0.25, 0.3) is 0 Å². The zero-order chi connectivity index (χ0) is 12.1. The van der Waals surface area contributed by atoms with Crippen molar-refractivity contribution in [1.82, 2.24) is 4.98 Å². The lowest BCUT2D eigenvalue weighted by Crippen LogP contribution is -1.99. The van der Waals surface area contributed by atoms with Crippen LogP contribution in [0.3, 0.4) is 0 Å². The number of hydrogen-bond acceptors (Lipinski definition) is 3. The number of benzene rings is 1. The molecule has 17 heavy (non-hydrogen) atoms. The topological polar surface area (TPSA) is 42.4 Å². The number of nitrogens with zero attached hydrogens (tertiary/aromatic N) is 1. The van der Waals surface area contributed by atoms with Crippen LogP contribution in [-0.4, -0.2) is 10.1 Å². The van der Waals surface area contributed by atoms with Crippen LogP contribution in [0.5, 0.6) is 5.88 Å². The van der Waals surface area contributed by atoms with Gasteiger partial charge in [0.1, 0.15) is 6.61 Å². The van der Waals surface area contributed by atoms with E-state index in [1.165, 1.54) is 0 Å². The maximum Gasteiger partial charge on any atom is 0.213 e. The van der Waals surface area contributed by atoms with Crippen molar-refractivity contribution in [3.63, 3.8) is 0 Å². The molecule has 4 heteroatoms. The van der Waals surface area contributed by atoms with Crippen LogP contribution in [0.2, 0.25) is 0 Å². The second kappa shape index (κ2) is 5.80. The summed E-state index contributed by atoms with van der Waals surface area (Å²) >= 11 is 3.41. The van der Waals surface area contributed by atoms with E-state index in [0.717, 1.165) is 10.0 Å². The fraction of sp³-hybridized carbons (Fsp3) is 0.154. The Morgan fingerprint density at radius 2 is 2.00 bits per heavy atom. The van der Waals surface area contributed by atoms with Crippen LogP contribution in [0, 0.1) is 0 Å². The first kappa shape index (κ1) is 12.1. The van der Waals surface area contributed by atoms with Crippen LogP contribution >= 0.6 is 15.9 Å². The van der Waals surface area contributed by atoms with E-state index in [1.54, 1.807) is 12.1 Å². The number of aliphatic hydroxyl groups excluding tert-OH is 1. The quantitative estimate of drug-likeness (QED) is 0.942. The molecular weight excluding hydrogens is 282 g/mol. The van der Waals surface area contributed by atoms with Crippen molar-refractivity contribution in [2.24, 2.45) is 0 Å². The van der Waals surface area contributed by atoms with Gasteiger partial charge in [-0.25, -0.2) is 4.98 Å². The molecule has 88 valence electrons. The van der Waals surface area contributed by atoms with Crippen LogP contribution in [0.1, 0.15) is 11.3 Å². The Morgan fingerprint density at radius 3 is 2.76 bits per heavy atom. The van der Waals surface area contributed by atoms with Crippen LogP contribution < -0.4 is 4.74 Å². The summed E-state index contributed by atoms with van der Waals surface area (Å²) in [5.41, 5.74) is 1.67. The first-order chi connectivity index (χ1) is 8.28. The van der Waals surface area contributed by atoms with Gasteiger partial charge < -0.3 is 9.84 Å². The molecule has 0 aliphatic carbocycles. The van der Waals surface area contributed by atoms with Crippen LogP contribution in [0.4, 0.5) is 0 Å². The Bertz CT molecular complexity index is 502. The highest BCUT2D eigenvalue weighted by atomic mass is 79.9. The molecule has 2 aromatic rings. The Hall–Kier alpha value is -1.39. The molecule has 0 aliphatic rings. The van der Waals surface area contributed by atoms with Crippen molar-refractivity contribution in [2.45, 2.75) is 13.2 Å². The van der Waals surface area contributed by atoms with E-state index in [0.29, 0.717) is 18.2 Å². The minimum Gasteiger partial charge on any atom is -0.473 e. The van der Waals surface area contributed by atoms with E-state index in [4.69, 9.17) is 9.84 Å². The molecule has 0 unspecified atom stereocenters. The summed E-state index contributed by atoms with van der Waals surface area (Å²) in [6.45, 7) is 0.384.